The van der Waals surface area contributed by atoms with E-state index in [1.54, 1.807) is 49.4 Å². The van der Waals surface area contributed by atoms with Crippen LogP contribution in [0.3, 0.4) is 0 Å². The first-order valence-corrected chi connectivity index (χ1v) is 12.4. The molecule has 1 atom stereocenters. The largest absolute Gasteiger partial charge is 0.316 e. The number of allylic oxidation sites excluding steroid dienone is 5. The molecule has 1 N–H and O–H groups in total. The van der Waals surface area contributed by atoms with Crippen LogP contribution in [-0.2, 0) is 19.9 Å². The van der Waals surface area contributed by atoms with E-state index < -0.39 is 19.9 Å². The van der Waals surface area contributed by atoms with Crippen molar-refractivity contribution in [3.05, 3.63) is 59.0 Å². The maximum absolute atomic E-state index is 12.8. The van der Waals surface area contributed by atoms with Crippen molar-refractivity contribution in [1.29, 1.82) is 0 Å². The van der Waals surface area contributed by atoms with Crippen molar-refractivity contribution in [3.63, 3.8) is 0 Å². The molecule has 0 amide bonds. The van der Waals surface area contributed by atoms with E-state index in [1.165, 1.54) is 4.31 Å². The Bertz CT molecular complexity index is 1020. The van der Waals surface area contributed by atoms with Crippen molar-refractivity contribution < 1.29 is 16.8 Å². The summed E-state index contributed by atoms with van der Waals surface area (Å²) in [6, 6.07) is 7.01. The number of benzene rings is 1. The molecule has 3 rings (SSSR count). The number of hydrogen-bond donors (Lipinski definition) is 1. The van der Waals surface area contributed by atoms with Crippen LogP contribution in [0.1, 0.15) is 25.3 Å². The van der Waals surface area contributed by atoms with Crippen molar-refractivity contribution in [3.8, 4) is 0 Å². The number of rotatable bonds is 6. The fourth-order valence-corrected chi connectivity index (χ4v) is 5.78. The molecule has 152 valence electrons. The molecule has 1 aliphatic carbocycles. The summed E-state index contributed by atoms with van der Waals surface area (Å²) in [5, 5.41) is 3.13. The Hall–Kier alpha value is -1.74. The van der Waals surface area contributed by atoms with Gasteiger partial charge in [-0.15, -0.1) is 0 Å². The molecule has 6 nitrogen and oxygen atoms in total. The Morgan fingerprint density at radius 1 is 1.11 bits per heavy atom. The number of hydrogen-bond acceptors (Lipinski definition) is 5. The van der Waals surface area contributed by atoms with Gasteiger partial charge in [0.1, 0.15) is 0 Å². The van der Waals surface area contributed by atoms with Crippen LogP contribution in [-0.4, -0.2) is 53.1 Å². The number of nitrogens with one attached hydrogen (secondary N) is 1. The minimum atomic E-state index is -3.50. The lowest BCUT2D eigenvalue weighted by molar-refractivity contribution is 0.464. The van der Waals surface area contributed by atoms with Crippen LogP contribution in [0.5, 0.6) is 0 Å². The molecular weight excluding hydrogens is 396 g/mol. The molecule has 1 saturated heterocycles. The average Bonchev–Trinajstić information content (AvgIpc) is 3.05. The maximum atomic E-state index is 12.8. The summed E-state index contributed by atoms with van der Waals surface area (Å²) in [6.45, 7) is 2.62. The molecule has 1 aromatic carbocycles. The zero-order chi connectivity index (χ0) is 20.4. The molecule has 0 spiro atoms. The molecule has 0 aromatic heterocycles. The normalized spacial score (nSPS) is 21.3. The monoisotopic (exact) mass is 422 g/mol. The Kier molecular flexibility index (Phi) is 6.24. The van der Waals surface area contributed by atoms with Gasteiger partial charge >= 0.3 is 0 Å². The van der Waals surface area contributed by atoms with Crippen LogP contribution in [0.25, 0.3) is 5.57 Å². The summed E-state index contributed by atoms with van der Waals surface area (Å²) in [5.41, 5.74) is 1.82. The van der Waals surface area contributed by atoms with Gasteiger partial charge < -0.3 is 5.32 Å². The fourth-order valence-electron chi connectivity index (χ4n) is 3.37. The van der Waals surface area contributed by atoms with Crippen LogP contribution >= 0.6 is 0 Å². The Labute approximate surface area is 167 Å². The molecule has 0 bridgehead atoms. The van der Waals surface area contributed by atoms with Gasteiger partial charge in [0.2, 0.25) is 10.0 Å². The predicted molar refractivity (Wildman–Crippen MR) is 112 cm³/mol. The topological polar surface area (TPSA) is 83.5 Å². The fraction of sp³-hybridized carbons (Fsp3) is 0.400. The minimum Gasteiger partial charge on any atom is -0.316 e. The number of sulfone groups is 1. The first kappa shape index (κ1) is 21.0. The molecule has 2 aliphatic rings. The van der Waals surface area contributed by atoms with Gasteiger partial charge in [0.15, 0.2) is 9.84 Å². The quantitative estimate of drug-likeness (QED) is 0.761. The van der Waals surface area contributed by atoms with E-state index in [0.717, 1.165) is 17.6 Å². The van der Waals surface area contributed by atoms with E-state index >= 15 is 0 Å². The molecule has 8 heteroatoms. The van der Waals surface area contributed by atoms with Crippen molar-refractivity contribution in [2.45, 2.75) is 30.7 Å². The standard InChI is InChI=1S/C20H26N2O4S2/c1-3-27(23,24)19-6-4-5-16(7-10-19)17-8-11-20(12-9-17)28(25,26)22-14-13-18(15-22)21-2/h4,6-12,18,21H,3,5,13-15H2,1-2H3. The summed E-state index contributed by atoms with van der Waals surface area (Å²) in [5.74, 6) is 0.0593. The molecule has 1 unspecified atom stereocenters. The third-order valence-corrected chi connectivity index (χ3v) is 8.86. The molecular formula is C20H26N2O4S2. The number of nitrogens with zero attached hydrogens (tertiary/aromatic N) is 1. The van der Waals surface area contributed by atoms with E-state index in [9.17, 15) is 16.8 Å². The molecule has 28 heavy (non-hydrogen) atoms. The maximum Gasteiger partial charge on any atom is 0.243 e. The predicted octanol–water partition coefficient (Wildman–Crippen LogP) is 2.33. The zero-order valence-corrected chi connectivity index (χ0v) is 17.8. The Morgan fingerprint density at radius 3 is 2.43 bits per heavy atom. The highest BCUT2D eigenvalue weighted by molar-refractivity contribution is 7.95. The lowest BCUT2D eigenvalue weighted by atomic mass is 10.0. The van der Waals surface area contributed by atoms with Crippen LogP contribution in [0.2, 0.25) is 0 Å². The van der Waals surface area contributed by atoms with Gasteiger partial charge in [-0.25, -0.2) is 16.8 Å². The highest BCUT2D eigenvalue weighted by atomic mass is 32.2. The van der Waals surface area contributed by atoms with E-state index in [1.807, 2.05) is 13.1 Å². The van der Waals surface area contributed by atoms with E-state index in [-0.39, 0.29) is 16.7 Å². The van der Waals surface area contributed by atoms with Gasteiger partial charge in [0.25, 0.3) is 0 Å². The first-order chi connectivity index (χ1) is 13.3. The van der Waals surface area contributed by atoms with Gasteiger partial charge in [-0.2, -0.15) is 4.31 Å². The molecule has 1 fully saturated rings. The van der Waals surface area contributed by atoms with Gasteiger partial charge in [-0.3, -0.25) is 0 Å². The average molecular weight is 423 g/mol. The van der Waals surface area contributed by atoms with Crippen LogP contribution in [0.15, 0.2) is 58.4 Å². The summed E-state index contributed by atoms with van der Waals surface area (Å²) >= 11 is 0. The SMILES string of the molecule is CCS(=O)(=O)C1=CC=C(c2ccc(S(=O)(=O)N3CCC(NC)C3)cc2)CC=C1. The third-order valence-electron chi connectivity index (χ3n) is 5.23. The van der Waals surface area contributed by atoms with E-state index in [4.69, 9.17) is 0 Å². The summed E-state index contributed by atoms with van der Waals surface area (Å²) < 4.78 is 51.3. The van der Waals surface area contributed by atoms with Gasteiger partial charge in [0.05, 0.1) is 15.6 Å². The molecule has 1 heterocycles. The van der Waals surface area contributed by atoms with Crippen molar-refractivity contribution in [2.24, 2.45) is 0 Å². The second-order valence-corrected chi connectivity index (χ2v) is 11.1. The van der Waals surface area contributed by atoms with Gasteiger partial charge in [-0.1, -0.05) is 31.2 Å². The smallest absolute Gasteiger partial charge is 0.243 e. The highest BCUT2D eigenvalue weighted by Gasteiger charge is 2.31. The number of likely N-dealkylation sites (N-methyl/N-ethyl adjacent to an activating group) is 1. The summed E-state index contributed by atoms with van der Waals surface area (Å²) in [7, 11) is -4.91. The van der Waals surface area contributed by atoms with Crippen molar-refractivity contribution in [1.82, 2.24) is 9.62 Å². The summed E-state index contributed by atoms with van der Waals surface area (Å²) in [6.07, 6.45) is 8.26. The lowest BCUT2D eigenvalue weighted by Crippen LogP contribution is -2.33. The van der Waals surface area contributed by atoms with E-state index in [0.29, 0.717) is 24.4 Å². The van der Waals surface area contributed by atoms with Crippen molar-refractivity contribution >= 4 is 25.4 Å². The second-order valence-electron chi connectivity index (χ2n) is 6.93. The molecule has 1 aromatic rings. The van der Waals surface area contributed by atoms with Gasteiger partial charge in [-0.05, 0) is 55.3 Å². The third kappa shape index (κ3) is 4.30. The van der Waals surface area contributed by atoms with Crippen LogP contribution < -0.4 is 5.32 Å². The molecule has 1 aliphatic heterocycles. The lowest BCUT2D eigenvalue weighted by Gasteiger charge is -2.17. The summed E-state index contributed by atoms with van der Waals surface area (Å²) in [4.78, 5) is 0.583. The molecule has 0 radical (unpaired) electrons. The van der Waals surface area contributed by atoms with Crippen LogP contribution in [0, 0.1) is 0 Å². The zero-order valence-electron chi connectivity index (χ0n) is 16.1. The van der Waals surface area contributed by atoms with E-state index in [2.05, 4.69) is 5.32 Å². The number of sulfonamides is 1. The second kappa shape index (κ2) is 8.32. The minimum absolute atomic E-state index is 0.0593. The Balaban J connectivity index is 1.82. The molecule has 0 saturated carbocycles. The highest BCUT2D eigenvalue weighted by Crippen LogP contribution is 2.27. The van der Waals surface area contributed by atoms with Crippen LogP contribution in [0.4, 0.5) is 0 Å². The van der Waals surface area contributed by atoms with Crippen molar-refractivity contribution in [2.75, 3.05) is 25.9 Å². The Morgan fingerprint density at radius 2 is 1.82 bits per heavy atom. The van der Waals surface area contributed by atoms with Gasteiger partial charge in [0, 0.05) is 19.1 Å². The first-order valence-electron chi connectivity index (χ1n) is 9.36.